The van der Waals surface area contributed by atoms with Gasteiger partial charge in [-0.05, 0) is 43.3 Å². The van der Waals surface area contributed by atoms with Gasteiger partial charge in [0.1, 0.15) is 17.0 Å². The third kappa shape index (κ3) is 6.64. The van der Waals surface area contributed by atoms with Crippen molar-refractivity contribution in [3.8, 4) is 11.5 Å². The number of nitrogens with one attached hydrogen (secondary N) is 2. The van der Waals surface area contributed by atoms with E-state index in [4.69, 9.17) is 9.47 Å². The molecule has 0 spiro atoms. The number of benzene rings is 3. The number of hydrogen-bond acceptors (Lipinski definition) is 6. The molecule has 0 aliphatic carbocycles. The Kier molecular flexibility index (Phi) is 7.65. The monoisotopic (exact) mass is 468 g/mol. The molecule has 1 heterocycles. The number of rotatable bonds is 9. The number of hydrazone groups is 1. The highest BCUT2D eigenvalue weighted by Crippen LogP contribution is 2.22. The molecule has 0 bridgehead atoms. The van der Waals surface area contributed by atoms with Crippen molar-refractivity contribution in [2.24, 2.45) is 5.10 Å². The van der Waals surface area contributed by atoms with E-state index >= 15 is 0 Å². The summed E-state index contributed by atoms with van der Waals surface area (Å²) in [6, 6.07) is 23.9. The highest BCUT2D eigenvalue weighted by Gasteiger charge is 2.08. The van der Waals surface area contributed by atoms with Crippen molar-refractivity contribution in [1.82, 2.24) is 10.4 Å². The van der Waals surface area contributed by atoms with Crippen LogP contribution in [-0.2, 0) is 9.59 Å². The third-order valence-electron chi connectivity index (χ3n) is 4.96. The Labute approximate surface area is 202 Å². The number of aromatic nitrogens is 1. The van der Waals surface area contributed by atoms with Gasteiger partial charge in [-0.3, -0.25) is 14.6 Å². The van der Waals surface area contributed by atoms with Gasteiger partial charge in [0.25, 0.3) is 11.8 Å². The van der Waals surface area contributed by atoms with Crippen molar-refractivity contribution < 1.29 is 19.1 Å². The maximum Gasteiger partial charge on any atom is 0.277 e. The van der Waals surface area contributed by atoms with Gasteiger partial charge >= 0.3 is 0 Å². The second-order valence-electron chi connectivity index (χ2n) is 7.65. The van der Waals surface area contributed by atoms with Crippen LogP contribution < -0.4 is 20.2 Å². The minimum atomic E-state index is -0.426. The fourth-order valence-corrected chi connectivity index (χ4v) is 3.24. The molecule has 176 valence electrons. The molecule has 4 aromatic rings. The standard InChI is InChI=1S/C27H24N4O4/c1-19-11-13-22(14-12-19)30-25(32)17-34-23-9-3-2-6-21(23)16-29-31-26(33)18-35-24-10-4-7-20-8-5-15-28-27(20)24/h2-16H,17-18H2,1H3,(H,30,32)(H,31,33)/b29-16+. The summed E-state index contributed by atoms with van der Waals surface area (Å²) in [5, 5.41) is 7.69. The Hall–Kier alpha value is -4.72. The van der Waals surface area contributed by atoms with Crippen molar-refractivity contribution in [1.29, 1.82) is 0 Å². The summed E-state index contributed by atoms with van der Waals surface area (Å²) in [6.07, 6.45) is 3.12. The number of nitrogens with zero attached hydrogens (tertiary/aromatic N) is 2. The molecule has 2 N–H and O–H groups in total. The Morgan fingerprint density at radius 1 is 0.857 bits per heavy atom. The summed E-state index contributed by atoms with van der Waals surface area (Å²) >= 11 is 0. The molecule has 0 unspecified atom stereocenters. The third-order valence-corrected chi connectivity index (χ3v) is 4.96. The molecular formula is C27H24N4O4. The number of para-hydroxylation sites is 2. The Morgan fingerprint density at radius 3 is 2.43 bits per heavy atom. The summed E-state index contributed by atoms with van der Waals surface area (Å²) in [5.74, 6) is 0.270. The van der Waals surface area contributed by atoms with E-state index in [0.717, 1.165) is 10.9 Å². The number of hydrogen-bond donors (Lipinski definition) is 2. The minimum Gasteiger partial charge on any atom is -0.483 e. The summed E-state index contributed by atoms with van der Waals surface area (Å²) in [6.45, 7) is 1.59. The highest BCUT2D eigenvalue weighted by molar-refractivity contribution is 5.92. The number of ether oxygens (including phenoxy) is 2. The van der Waals surface area contributed by atoms with E-state index in [-0.39, 0.29) is 19.1 Å². The molecule has 8 nitrogen and oxygen atoms in total. The van der Waals surface area contributed by atoms with E-state index in [0.29, 0.717) is 28.3 Å². The lowest BCUT2D eigenvalue weighted by Gasteiger charge is -2.10. The molecule has 0 saturated carbocycles. The fourth-order valence-electron chi connectivity index (χ4n) is 3.24. The van der Waals surface area contributed by atoms with Gasteiger partial charge in [-0.25, -0.2) is 5.43 Å². The Morgan fingerprint density at radius 2 is 1.57 bits per heavy atom. The van der Waals surface area contributed by atoms with Crippen molar-refractivity contribution in [2.75, 3.05) is 18.5 Å². The molecule has 2 amide bonds. The summed E-state index contributed by atoms with van der Waals surface area (Å²) in [5.41, 5.74) is 5.53. The second kappa shape index (κ2) is 11.4. The first-order chi connectivity index (χ1) is 17.1. The molecule has 1 aromatic heterocycles. The predicted octanol–water partition coefficient (Wildman–Crippen LogP) is 4.09. The molecule has 3 aromatic carbocycles. The largest absolute Gasteiger partial charge is 0.483 e. The predicted molar refractivity (Wildman–Crippen MR) is 135 cm³/mol. The van der Waals surface area contributed by atoms with Crippen molar-refractivity contribution >= 4 is 34.6 Å². The van der Waals surface area contributed by atoms with Crippen LogP contribution in [0.15, 0.2) is 90.2 Å². The van der Waals surface area contributed by atoms with Gasteiger partial charge in [0, 0.05) is 22.8 Å². The van der Waals surface area contributed by atoms with Gasteiger partial charge in [-0.1, -0.05) is 48.0 Å². The van der Waals surface area contributed by atoms with E-state index in [1.807, 2.05) is 55.5 Å². The molecule has 35 heavy (non-hydrogen) atoms. The highest BCUT2D eigenvalue weighted by atomic mass is 16.5. The zero-order valence-corrected chi connectivity index (χ0v) is 19.1. The fraction of sp³-hybridized carbons (Fsp3) is 0.111. The van der Waals surface area contributed by atoms with Crippen LogP contribution in [0.5, 0.6) is 11.5 Å². The van der Waals surface area contributed by atoms with Crippen molar-refractivity contribution in [2.45, 2.75) is 6.92 Å². The van der Waals surface area contributed by atoms with Gasteiger partial charge in [0.15, 0.2) is 13.2 Å². The van der Waals surface area contributed by atoms with Crippen LogP contribution >= 0.6 is 0 Å². The first-order valence-corrected chi connectivity index (χ1v) is 11.0. The second-order valence-corrected chi connectivity index (χ2v) is 7.65. The average molecular weight is 469 g/mol. The molecule has 0 aliphatic rings. The van der Waals surface area contributed by atoms with Crippen LogP contribution in [0.25, 0.3) is 10.9 Å². The number of carbonyl (C=O) groups is 2. The lowest BCUT2D eigenvalue weighted by molar-refractivity contribution is -0.123. The molecule has 0 saturated heterocycles. The van der Waals surface area contributed by atoms with Crippen LogP contribution in [0.1, 0.15) is 11.1 Å². The van der Waals surface area contributed by atoms with Crippen LogP contribution in [0.2, 0.25) is 0 Å². The van der Waals surface area contributed by atoms with E-state index < -0.39 is 5.91 Å². The van der Waals surface area contributed by atoms with E-state index in [1.165, 1.54) is 6.21 Å². The SMILES string of the molecule is Cc1ccc(NC(=O)COc2ccccc2/C=N/NC(=O)COc2cccc3cccnc23)cc1. The number of fused-ring (bicyclic) bond motifs is 1. The van der Waals surface area contributed by atoms with Crippen molar-refractivity contribution in [3.05, 3.63) is 96.2 Å². The number of amides is 2. The molecular weight excluding hydrogens is 444 g/mol. The number of anilines is 1. The topological polar surface area (TPSA) is 102 Å². The van der Waals surface area contributed by atoms with Crippen molar-refractivity contribution in [3.63, 3.8) is 0 Å². The molecule has 0 fully saturated rings. The first-order valence-electron chi connectivity index (χ1n) is 11.0. The first kappa shape index (κ1) is 23.4. The summed E-state index contributed by atoms with van der Waals surface area (Å²) in [4.78, 5) is 28.7. The summed E-state index contributed by atoms with van der Waals surface area (Å²) in [7, 11) is 0. The Bertz CT molecular complexity index is 1350. The molecule has 4 rings (SSSR count). The van der Waals surface area contributed by atoms with Gasteiger partial charge in [0.05, 0.1) is 6.21 Å². The lowest BCUT2D eigenvalue weighted by Crippen LogP contribution is -2.24. The molecule has 0 atom stereocenters. The van der Waals surface area contributed by atoms with Crippen LogP contribution in [0.3, 0.4) is 0 Å². The maximum absolute atomic E-state index is 12.2. The molecule has 0 aliphatic heterocycles. The average Bonchev–Trinajstić information content (AvgIpc) is 2.88. The van der Waals surface area contributed by atoms with E-state index in [2.05, 4.69) is 20.8 Å². The van der Waals surface area contributed by atoms with Gasteiger partial charge < -0.3 is 14.8 Å². The zero-order chi connectivity index (χ0) is 24.5. The van der Waals surface area contributed by atoms with Gasteiger partial charge in [-0.15, -0.1) is 0 Å². The van der Waals surface area contributed by atoms with Gasteiger partial charge in [-0.2, -0.15) is 5.10 Å². The maximum atomic E-state index is 12.2. The lowest BCUT2D eigenvalue weighted by atomic mass is 10.2. The molecule has 8 heteroatoms. The van der Waals surface area contributed by atoms with Crippen LogP contribution in [0.4, 0.5) is 5.69 Å². The number of carbonyl (C=O) groups excluding carboxylic acids is 2. The van der Waals surface area contributed by atoms with Gasteiger partial charge in [0.2, 0.25) is 0 Å². The summed E-state index contributed by atoms with van der Waals surface area (Å²) < 4.78 is 11.3. The Balaban J connectivity index is 1.28. The van der Waals surface area contributed by atoms with Crippen LogP contribution in [0, 0.1) is 6.92 Å². The normalized spacial score (nSPS) is 10.8. The quantitative estimate of drug-likeness (QED) is 0.285. The minimum absolute atomic E-state index is 0.169. The van der Waals surface area contributed by atoms with E-state index in [1.54, 1.807) is 36.5 Å². The number of pyridine rings is 1. The number of aryl methyl sites for hydroxylation is 1. The smallest absolute Gasteiger partial charge is 0.277 e. The van der Waals surface area contributed by atoms with Crippen LogP contribution in [-0.4, -0.2) is 36.2 Å². The molecule has 0 radical (unpaired) electrons. The zero-order valence-electron chi connectivity index (χ0n) is 19.1. The van der Waals surface area contributed by atoms with E-state index in [9.17, 15) is 9.59 Å².